The number of Topliss-reactive ketones (excluding diaryl/α,β-unsaturated/α-hetero) is 1. The van der Waals surface area contributed by atoms with Crippen LogP contribution in [0.25, 0.3) is 0 Å². The van der Waals surface area contributed by atoms with Crippen molar-refractivity contribution in [2.45, 2.75) is 115 Å². The van der Waals surface area contributed by atoms with Crippen LogP contribution in [0.4, 0.5) is 5.69 Å². The molecule has 1 aromatic carbocycles. The molecule has 5 aliphatic rings. The zero-order valence-electron chi connectivity index (χ0n) is 23.4. The third-order valence-corrected chi connectivity index (χ3v) is 13.7. The second-order valence-electron chi connectivity index (χ2n) is 14.5. The molecule has 6 rings (SSSR count). The van der Waals surface area contributed by atoms with Gasteiger partial charge in [-0.1, -0.05) is 77.8 Å². The van der Waals surface area contributed by atoms with Crippen LogP contribution in [0.2, 0.25) is 0 Å². The summed E-state index contributed by atoms with van der Waals surface area (Å²) < 4.78 is 0. The molecule has 1 aliphatic heterocycles. The largest absolute Gasteiger partial charge is 0.363 e. The quantitative estimate of drug-likeness (QED) is 0.430. The van der Waals surface area contributed by atoms with Crippen LogP contribution in [-0.4, -0.2) is 10.7 Å². The molecule has 1 spiro atoms. The average Bonchev–Trinajstić information content (AvgIpc) is 3.38. The fourth-order valence-corrected chi connectivity index (χ4v) is 11.8. The number of carbonyl (C=O) groups is 1. The summed E-state index contributed by atoms with van der Waals surface area (Å²) in [5, 5.41) is 3.72. The van der Waals surface area contributed by atoms with Gasteiger partial charge < -0.3 is 5.32 Å². The standard InChI is InChI=1S/C33H49NOS/c1-21(2)9-8-10-22(3)25-15-16-26-24-14-13-23-19-33(34-28-11-6-7-12-29(28)36-33)30(35)20-32(23,5)27(24)17-18-31(25,26)4/h6-7,11-12,21-27,34H,8-10,13-20H2,1-5H3/t22-,23+,24+,25-,26+,27+,31-,32+,33+/m1/s1. The van der Waals surface area contributed by atoms with Gasteiger partial charge in [0.1, 0.15) is 4.87 Å². The summed E-state index contributed by atoms with van der Waals surface area (Å²) in [6.45, 7) is 12.5. The molecule has 0 amide bonds. The molecule has 3 heteroatoms. The number of anilines is 1. The smallest absolute Gasteiger partial charge is 0.169 e. The van der Waals surface area contributed by atoms with Gasteiger partial charge in [-0.3, -0.25) is 4.79 Å². The van der Waals surface area contributed by atoms with Gasteiger partial charge in [-0.05, 0) is 109 Å². The second kappa shape index (κ2) is 9.06. The van der Waals surface area contributed by atoms with Crippen molar-refractivity contribution in [1.82, 2.24) is 0 Å². The Labute approximate surface area is 224 Å². The van der Waals surface area contributed by atoms with Crippen LogP contribution >= 0.6 is 11.8 Å². The van der Waals surface area contributed by atoms with Crippen molar-refractivity contribution in [2.75, 3.05) is 5.32 Å². The fourth-order valence-electron chi connectivity index (χ4n) is 10.4. The van der Waals surface area contributed by atoms with Crippen molar-refractivity contribution in [1.29, 1.82) is 0 Å². The Morgan fingerprint density at radius 2 is 1.75 bits per heavy atom. The molecule has 0 saturated heterocycles. The highest BCUT2D eigenvalue weighted by Gasteiger charge is 2.64. The predicted octanol–water partition coefficient (Wildman–Crippen LogP) is 9.20. The molecule has 4 aliphatic carbocycles. The number of ketones is 1. The van der Waals surface area contributed by atoms with E-state index in [1.807, 2.05) is 11.8 Å². The molecule has 1 N–H and O–H groups in total. The number of hydrogen-bond donors (Lipinski definition) is 1. The molecule has 0 radical (unpaired) electrons. The van der Waals surface area contributed by atoms with Crippen molar-refractivity contribution < 1.29 is 4.79 Å². The van der Waals surface area contributed by atoms with Gasteiger partial charge in [-0.25, -0.2) is 0 Å². The molecule has 36 heavy (non-hydrogen) atoms. The van der Waals surface area contributed by atoms with Crippen LogP contribution in [-0.2, 0) is 4.79 Å². The lowest BCUT2D eigenvalue weighted by Gasteiger charge is -2.62. The molecule has 198 valence electrons. The van der Waals surface area contributed by atoms with Gasteiger partial charge in [0.15, 0.2) is 5.78 Å². The summed E-state index contributed by atoms with van der Waals surface area (Å²) in [5.41, 5.74) is 1.90. The lowest BCUT2D eigenvalue weighted by molar-refractivity contribution is -0.145. The fraction of sp³-hybridized carbons (Fsp3) is 0.788. The number of carbonyl (C=O) groups excluding carboxylic acids is 1. The summed E-state index contributed by atoms with van der Waals surface area (Å²) in [6.07, 6.45) is 14.4. The summed E-state index contributed by atoms with van der Waals surface area (Å²) in [7, 11) is 0. The molecule has 9 atom stereocenters. The van der Waals surface area contributed by atoms with Crippen molar-refractivity contribution in [3.8, 4) is 0 Å². The Hall–Kier alpha value is -0.960. The number of para-hydroxylation sites is 1. The van der Waals surface area contributed by atoms with Crippen LogP contribution in [0.5, 0.6) is 0 Å². The first-order valence-corrected chi connectivity index (χ1v) is 16.1. The molecule has 0 aromatic heterocycles. The second-order valence-corrected chi connectivity index (χ2v) is 15.9. The molecule has 0 unspecified atom stereocenters. The van der Waals surface area contributed by atoms with E-state index in [1.54, 1.807) is 0 Å². The zero-order valence-corrected chi connectivity index (χ0v) is 24.3. The van der Waals surface area contributed by atoms with Crippen LogP contribution in [0.15, 0.2) is 29.2 Å². The summed E-state index contributed by atoms with van der Waals surface area (Å²) in [4.78, 5) is 14.8. The van der Waals surface area contributed by atoms with Crippen LogP contribution in [0, 0.1) is 52.3 Å². The maximum atomic E-state index is 13.9. The number of benzene rings is 1. The number of rotatable bonds is 5. The van der Waals surface area contributed by atoms with Crippen molar-refractivity contribution in [3.63, 3.8) is 0 Å². The summed E-state index contributed by atoms with van der Waals surface area (Å²) in [6, 6.07) is 8.53. The Kier molecular flexibility index (Phi) is 6.37. The van der Waals surface area contributed by atoms with Gasteiger partial charge in [-0.2, -0.15) is 0 Å². The van der Waals surface area contributed by atoms with Crippen LogP contribution in [0.1, 0.15) is 105 Å². The minimum Gasteiger partial charge on any atom is -0.363 e. The molecular weight excluding hydrogens is 458 g/mol. The Morgan fingerprint density at radius 1 is 0.972 bits per heavy atom. The first kappa shape index (κ1) is 25.3. The van der Waals surface area contributed by atoms with E-state index < -0.39 is 4.87 Å². The van der Waals surface area contributed by atoms with E-state index >= 15 is 0 Å². The molecule has 4 fully saturated rings. The molecule has 1 aromatic rings. The maximum absolute atomic E-state index is 13.9. The highest BCUT2D eigenvalue weighted by atomic mass is 32.2. The molecule has 1 heterocycles. The number of thioether (sulfide) groups is 1. The van der Waals surface area contributed by atoms with E-state index in [2.05, 4.69) is 64.2 Å². The van der Waals surface area contributed by atoms with E-state index in [0.717, 1.165) is 48.3 Å². The third-order valence-electron chi connectivity index (χ3n) is 12.3. The molecule has 4 saturated carbocycles. The zero-order chi connectivity index (χ0) is 25.3. The van der Waals surface area contributed by atoms with Gasteiger partial charge in [0.2, 0.25) is 0 Å². The van der Waals surface area contributed by atoms with E-state index in [1.165, 1.54) is 68.4 Å². The monoisotopic (exact) mass is 507 g/mol. The normalized spacial score (nSPS) is 44.1. The Morgan fingerprint density at radius 3 is 2.53 bits per heavy atom. The van der Waals surface area contributed by atoms with Crippen molar-refractivity contribution in [3.05, 3.63) is 24.3 Å². The third kappa shape index (κ3) is 3.84. The lowest BCUT2D eigenvalue weighted by atomic mass is 9.44. The highest BCUT2D eigenvalue weighted by Crippen LogP contribution is 2.69. The SMILES string of the molecule is CC(C)CCC[C@@H](C)[C@H]1CC[C@H]2[C@@H]3CC[C@H]4C[C@@]5(Nc6ccccc6S5)C(=O)C[C@]4(C)[C@H]3CC[C@]12C. The topological polar surface area (TPSA) is 29.1 Å². The van der Waals surface area contributed by atoms with Gasteiger partial charge in [0, 0.05) is 17.0 Å². The van der Waals surface area contributed by atoms with Crippen LogP contribution < -0.4 is 5.32 Å². The average molecular weight is 508 g/mol. The van der Waals surface area contributed by atoms with E-state index in [4.69, 9.17) is 0 Å². The van der Waals surface area contributed by atoms with E-state index in [-0.39, 0.29) is 5.41 Å². The Balaban J connectivity index is 1.18. The summed E-state index contributed by atoms with van der Waals surface area (Å²) in [5.74, 6) is 6.24. The first-order chi connectivity index (χ1) is 17.2. The van der Waals surface area contributed by atoms with E-state index in [9.17, 15) is 4.79 Å². The molecule has 0 bridgehead atoms. The van der Waals surface area contributed by atoms with Crippen molar-refractivity contribution >= 4 is 23.2 Å². The Bertz CT molecular complexity index is 978. The molecule has 2 nitrogen and oxygen atoms in total. The highest BCUT2D eigenvalue weighted by molar-refractivity contribution is 8.02. The van der Waals surface area contributed by atoms with Gasteiger partial charge in [-0.15, -0.1) is 0 Å². The lowest BCUT2D eigenvalue weighted by Crippen LogP contribution is -2.59. The number of fused-ring (bicyclic) bond motifs is 6. The van der Waals surface area contributed by atoms with Gasteiger partial charge >= 0.3 is 0 Å². The van der Waals surface area contributed by atoms with Gasteiger partial charge in [0.25, 0.3) is 0 Å². The number of nitrogens with one attached hydrogen (secondary N) is 1. The minimum atomic E-state index is -0.409. The summed E-state index contributed by atoms with van der Waals surface area (Å²) >= 11 is 1.82. The number of hydrogen-bond acceptors (Lipinski definition) is 3. The molecular formula is C33H49NOS. The van der Waals surface area contributed by atoms with E-state index in [0.29, 0.717) is 17.1 Å². The van der Waals surface area contributed by atoms with Crippen LogP contribution in [0.3, 0.4) is 0 Å². The predicted molar refractivity (Wildman–Crippen MR) is 152 cm³/mol. The maximum Gasteiger partial charge on any atom is 0.169 e. The van der Waals surface area contributed by atoms with Crippen molar-refractivity contribution in [2.24, 2.45) is 52.3 Å². The van der Waals surface area contributed by atoms with Gasteiger partial charge in [0.05, 0.1) is 0 Å². The minimum absolute atomic E-state index is 0.199. The first-order valence-electron chi connectivity index (χ1n) is 15.3.